The highest BCUT2D eigenvalue weighted by Gasteiger charge is 2.43. The van der Waals surface area contributed by atoms with Crippen LogP contribution in [0.3, 0.4) is 0 Å². The molecule has 0 spiro atoms. The van der Waals surface area contributed by atoms with Crippen LogP contribution in [-0.2, 0) is 9.53 Å². The molecule has 94 valence electrons. The molecule has 0 aliphatic heterocycles. The van der Waals surface area contributed by atoms with Crippen LogP contribution in [0.15, 0.2) is 0 Å². The quantitative estimate of drug-likeness (QED) is 0.444. The molecule has 1 fully saturated rings. The van der Waals surface area contributed by atoms with Gasteiger partial charge in [-0.2, -0.15) is 8.78 Å². The Hall–Kier alpha value is -0.750. The Kier molecular flexibility index (Phi) is 3.85. The van der Waals surface area contributed by atoms with E-state index in [0.29, 0.717) is 12.8 Å². The van der Waals surface area contributed by atoms with Crippen LogP contribution in [0.5, 0.6) is 0 Å². The van der Waals surface area contributed by atoms with Crippen molar-refractivity contribution in [1.29, 1.82) is 0 Å². The number of hydrogen-bond acceptors (Lipinski definition) is 3. The smallest absolute Gasteiger partial charge is 0.309 e. The summed E-state index contributed by atoms with van der Waals surface area (Å²) in [5.41, 5.74) is 1.57. The molecule has 0 saturated heterocycles. The summed E-state index contributed by atoms with van der Waals surface area (Å²) in [7, 11) is 0. The van der Waals surface area contributed by atoms with E-state index >= 15 is 0 Å². The molecule has 0 bridgehead atoms. The molecular formula is C10H18F2N2O2. The van der Waals surface area contributed by atoms with Crippen molar-refractivity contribution in [2.24, 2.45) is 11.3 Å². The van der Waals surface area contributed by atoms with Gasteiger partial charge in [0.25, 0.3) is 0 Å². The number of ether oxygens (including phenoxy) is 1. The fourth-order valence-electron chi connectivity index (χ4n) is 1.84. The minimum Gasteiger partial charge on any atom is -0.309 e. The van der Waals surface area contributed by atoms with Gasteiger partial charge in [0.05, 0.1) is 6.10 Å². The number of alkyl halides is 2. The number of hydrogen-bond donors (Lipinski definition) is 2. The molecule has 0 atom stereocenters. The maximum Gasteiger partial charge on any atom is 0.438 e. The SMILES string of the molecule is CC1(C)CCC(OC(F)(F)C(=O)NN)CC1. The second-order valence-electron chi connectivity index (χ2n) is 4.97. The van der Waals surface area contributed by atoms with E-state index in [9.17, 15) is 13.6 Å². The third kappa shape index (κ3) is 3.38. The number of hydrazine groups is 1. The van der Waals surface area contributed by atoms with Crippen molar-refractivity contribution in [3.63, 3.8) is 0 Å². The maximum atomic E-state index is 13.1. The number of halogens is 2. The van der Waals surface area contributed by atoms with Gasteiger partial charge in [0.2, 0.25) is 0 Å². The van der Waals surface area contributed by atoms with Crippen molar-refractivity contribution in [3.8, 4) is 0 Å². The van der Waals surface area contributed by atoms with E-state index < -0.39 is 18.1 Å². The number of carbonyl (C=O) groups excluding carboxylic acids is 1. The molecule has 3 N–H and O–H groups in total. The fourth-order valence-corrected chi connectivity index (χ4v) is 1.84. The lowest BCUT2D eigenvalue weighted by atomic mass is 9.76. The lowest BCUT2D eigenvalue weighted by Crippen LogP contribution is -2.47. The van der Waals surface area contributed by atoms with E-state index in [4.69, 9.17) is 0 Å². The van der Waals surface area contributed by atoms with Gasteiger partial charge in [-0.25, -0.2) is 5.84 Å². The predicted octanol–water partition coefficient (Wildman–Crippen LogP) is 1.55. The number of amides is 1. The Morgan fingerprint density at radius 2 is 1.94 bits per heavy atom. The summed E-state index contributed by atoms with van der Waals surface area (Å²) < 4.78 is 30.7. The number of nitrogens with two attached hydrogens (primary N) is 1. The topological polar surface area (TPSA) is 64.3 Å². The first-order valence-electron chi connectivity index (χ1n) is 5.33. The van der Waals surface area contributed by atoms with Gasteiger partial charge < -0.3 is 4.74 Å². The molecule has 1 amide bonds. The largest absolute Gasteiger partial charge is 0.438 e. The lowest BCUT2D eigenvalue weighted by molar-refractivity contribution is -0.255. The van der Waals surface area contributed by atoms with Crippen LogP contribution in [-0.4, -0.2) is 18.1 Å². The molecule has 0 unspecified atom stereocenters. The minimum absolute atomic E-state index is 0.172. The van der Waals surface area contributed by atoms with Gasteiger partial charge in [0.15, 0.2) is 0 Å². The molecule has 1 rings (SSSR count). The summed E-state index contributed by atoms with van der Waals surface area (Å²) in [6, 6.07) is 0. The standard InChI is InChI=1S/C10H18F2N2O2/c1-9(2)5-3-7(4-6-9)16-10(11,12)8(15)14-13/h7H,3-6,13H2,1-2H3,(H,14,15). The number of rotatable bonds is 3. The van der Waals surface area contributed by atoms with Crippen LogP contribution in [0.2, 0.25) is 0 Å². The van der Waals surface area contributed by atoms with Crippen LogP contribution >= 0.6 is 0 Å². The fraction of sp³-hybridized carbons (Fsp3) is 0.900. The summed E-state index contributed by atoms with van der Waals surface area (Å²) in [5.74, 6) is 3.05. The van der Waals surface area contributed by atoms with Gasteiger partial charge in [-0.15, -0.1) is 0 Å². The van der Waals surface area contributed by atoms with E-state index in [2.05, 4.69) is 24.4 Å². The molecular weight excluding hydrogens is 218 g/mol. The normalized spacial score (nSPS) is 21.8. The average molecular weight is 236 g/mol. The average Bonchev–Trinajstić information content (AvgIpc) is 2.20. The zero-order chi connectivity index (χ0) is 12.4. The van der Waals surface area contributed by atoms with Crippen molar-refractivity contribution in [3.05, 3.63) is 0 Å². The maximum absolute atomic E-state index is 13.1. The zero-order valence-electron chi connectivity index (χ0n) is 9.56. The highest BCUT2D eigenvalue weighted by molar-refractivity contribution is 5.81. The summed E-state index contributed by atoms with van der Waals surface area (Å²) >= 11 is 0. The molecule has 6 heteroatoms. The van der Waals surface area contributed by atoms with Crippen molar-refractivity contribution < 1.29 is 18.3 Å². The number of nitrogens with one attached hydrogen (secondary N) is 1. The van der Waals surface area contributed by atoms with Crippen LogP contribution in [0, 0.1) is 5.41 Å². The molecule has 0 aromatic carbocycles. The Bertz CT molecular complexity index is 260. The Labute approximate surface area is 93.5 Å². The molecule has 0 aromatic rings. The van der Waals surface area contributed by atoms with Crippen molar-refractivity contribution in [1.82, 2.24) is 5.43 Å². The second kappa shape index (κ2) is 4.63. The van der Waals surface area contributed by atoms with Crippen LogP contribution in [0.1, 0.15) is 39.5 Å². The van der Waals surface area contributed by atoms with Gasteiger partial charge in [0, 0.05) is 0 Å². The predicted molar refractivity (Wildman–Crippen MR) is 54.4 cm³/mol. The molecule has 4 nitrogen and oxygen atoms in total. The summed E-state index contributed by atoms with van der Waals surface area (Å²) in [4.78, 5) is 10.7. The summed E-state index contributed by atoms with van der Waals surface area (Å²) in [6.07, 6.45) is -1.68. The molecule has 1 aliphatic carbocycles. The van der Waals surface area contributed by atoms with Gasteiger partial charge in [-0.1, -0.05) is 13.8 Å². The van der Waals surface area contributed by atoms with Gasteiger partial charge >= 0.3 is 12.0 Å². The van der Waals surface area contributed by atoms with Crippen LogP contribution in [0.4, 0.5) is 8.78 Å². The van der Waals surface area contributed by atoms with Crippen LogP contribution in [0.25, 0.3) is 0 Å². The van der Waals surface area contributed by atoms with Crippen molar-refractivity contribution in [2.45, 2.75) is 51.7 Å². The first kappa shape index (κ1) is 13.3. The first-order valence-corrected chi connectivity index (χ1v) is 5.33. The molecule has 1 saturated carbocycles. The van der Waals surface area contributed by atoms with E-state index in [1.54, 1.807) is 0 Å². The number of carbonyl (C=O) groups is 1. The van der Waals surface area contributed by atoms with Gasteiger partial charge in [0.1, 0.15) is 0 Å². The third-order valence-corrected chi connectivity index (χ3v) is 3.00. The Balaban J connectivity index is 2.47. The first-order chi connectivity index (χ1) is 7.27. The van der Waals surface area contributed by atoms with E-state index in [1.165, 1.54) is 5.43 Å². The Morgan fingerprint density at radius 3 is 2.38 bits per heavy atom. The van der Waals surface area contributed by atoms with Crippen molar-refractivity contribution >= 4 is 5.91 Å². The van der Waals surface area contributed by atoms with Crippen LogP contribution < -0.4 is 11.3 Å². The molecule has 16 heavy (non-hydrogen) atoms. The van der Waals surface area contributed by atoms with Gasteiger partial charge in [-0.3, -0.25) is 10.2 Å². The molecule has 0 heterocycles. The second-order valence-corrected chi connectivity index (χ2v) is 4.97. The Morgan fingerprint density at radius 1 is 1.44 bits per heavy atom. The summed E-state index contributed by atoms with van der Waals surface area (Å²) in [5, 5.41) is 0. The molecule has 0 radical (unpaired) electrons. The summed E-state index contributed by atoms with van der Waals surface area (Å²) in [6.45, 7) is 4.18. The third-order valence-electron chi connectivity index (χ3n) is 3.00. The minimum atomic E-state index is -3.83. The van der Waals surface area contributed by atoms with E-state index in [-0.39, 0.29) is 5.41 Å². The van der Waals surface area contributed by atoms with E-state index in [1.807, 2.05) is 0 Å². The zero-order valence-corrected chi connectivity index (χ0v) is 9.56. The molecule has 1 aliphatic rings. The highest BCUT2D eigenvalue weighted by atomic mass is 19.3. The highest BCUT2D eigenvalue weighted by Crippen LogP contribution is 2.37. The monoisotopic (exact) mass is 236 g/mol. The lowest BCUT2D eigenvalue weighted by Gasteiger charge is -2.35. The molecule has 0 aromatic heterocycles. The van der Waals surface area contributed by atoms with E-state index in [0.717, 1.165) is 12.8 Å². The van der Waals surface area contributed by atoms with Crippen molar-refractivity contribution in [2.75, 3.05) is 0 Å². The van der Waals surface area contributed by atoms with Gasteiger partial charge in [-0.05, 0) is 31.1 Å².